The van der Waals surface area contributed by atoms with Crippen LogP contribution < -0.4 is 9.47 Å². The molecule has 0 bridgehead atoms. The molecule has 0 atom stereocenters. The van der Waals surface area contributed by atoms with Crippen molar-refractivity contribution in [2.75, 3.05) is 0 Å². The number of hydrogen-bond donors (Lipinski definition) is 0. The fourth-order valence-electron chi connectivity index (χ4n) is 2.44. The molecule has 2 aromatic rings. The molecule has 2 aromatic carbocycles. The van der Waals surface area contributed by atoms with E-state index in [0.29, 0.717) is 34.4 Å². The Bertz CT molecular complexity index is 706. The summed E-state index contributed by atoms with van der Waals surface area (Å²) in [5.41, 5.74) is 0. The molecular weight excluding hydrogens is 351 g/mol. The lowest BCUT2D eigenvalue weighted by Crippen LogP contribution is -2.39. The summed E-state index contributed by atoms with van der Waals surface area (Å²) in [6, 6.07) is 13.5. The van der Waals surface area contributed by atoms with Gasteiger partial charge in [-0.3, -0.25) is 9.59 Å². The molecule has 0 amide bonds. The molecule has 24 heavy (non-hydrogen) atoms. The van der Waals surface area contributed by atoms with E-state index in [2.05, 4.69) is 0 Å². The zero-order chi connectivity index (χ0) is 17.1. The molecule has 0 aromatic heterocycles. The maximum Gasteiger partial charge on any atom is 0.314 e. The van der Waals surface area contributed by atoms with Gasteiger partial charge in [-0.2, -0.15) is 0 Å². The van der Waals surface area contributed by atoms with Crippen LogP contribution >= 0.6 is 23.2 Å². The van der Waals surface area contributed by atoms with Gasteiger partial charge in [0.2, 0.25) is 0 Å². The van der Waals surface area contributed by atoms with E-state index in [9.17, 15) is 9.59 Å². The molecule has 0 saturated heterocycles. The Balaban J connectivity index is 1.52. The van der Waals surface area contributed by atoms with Crippen LogP contribution in [0.3, 0.4) is 0 Å². The van der Waals surface area contributed by atoms with Crippen LogP contribution in [-0.4, -0.2) is 11.9 Å². The summed E-state index contributed by atoms with van der Waals surface area (Å²) in [6.07, 6.45) is 0.791. The van der Waals surface area contributed by atoms with Crippen molar-refractivity contribution >= 4 is 35.1 Å². The van der Waals surface area contributed by atoms with Crippen molar-refractivity contribution in [3.05, 3.63) is 58.6 Å². The summed E-state index contributed by atoms with van der Waals surface area (Å²) < 4.78 is 10.5. The molecule has 0 heterocycles. The van der Waals surface area contributed by atoms with Gasteiger partial charge in [-0.05, 0) is 37.1 Å². The van der Waals surface area contributed by atoms with E-state index in [-0.39, 0.29) is 23.8 Å². The van der Waals surface area contributed by atoms with Crippen LogP contribution in [0, 0.1) is 11.8 Å². The summed E-state index contributed by atoms with van der Waals surface area (Å²) in [5.74, 6) is -0.776. The third kappa shape index (κ3) is 3.71. The van der Waals surface area contributed by atoms with Crippen molar-refractivity contribution < 1.29 is 19.1 Å². The number of ether oxygens (including phenoxy) is 2. The standard InChI is InChI=1S/C18H14Cl2O4/c19-13-5-1-3-7-15(13)23-17(21)11-9-12(10-11)18(22)24-16-8-4-2-6-14(16)20/h1-8,11-12H,9-10H2. The van der Waals surface area contributed by atoms with Crippen LogP contribution in [0.2, 0.25) is 10.0 Å². The monoisotopic (exact) mass is 364 g/mol. The number of carbonyl (C=O) groups excluding carboxylic acids is 2. The average Bonchev–Trinajstić information content (AvgIpc) is 2.50. The molecular formula is C18H14Cl2O4. The summed E-state index contributed by atoms with van der Waals surface area (Å²) in [7, 11) is 0. The second kappa shape index (κ2) is 7.24. The van der Waals surface area contributed by atoms with Gasteiger partial charge in [-0.1, -0.05) is 47.5 Å². The molecule has 0 aliphatic heterocycles. The highest BCUT2D eigenvalue weighted by Crippen LogP contribution is 2.37. The van der Waals surface area contributed by atoms with E-state index in [0.717, 1.165) is 0 Å². The van der Waals surface area contributed by atoms with Crippen molar-refractivity contribution in [3.63, 3.8) is 0 Å². The average molecular weight is 365 g/mol. The number of benzene rings is 2. The van der Waals surface area contributed by atoms with E-state index in [4.69, 9.17) is 32.7 Å². The lowest BCUT2D eigenvalue weighted by molar-refractivity contribution is -0.151. The topological polar surface area (TPSA) is 52.6 Å². The Morgan fingerprint density at radius 3 is 1.50 bits per heavy atom. The minimum atomic E-state index is -0.384. The highest BCUT2D eigenvalue weighted by Gasteiger charge is 2.41. The summed E-state index contributed by atoms with van der Waals surface area (Å²) in [4.78, 5) is 24.1. The lowest BCUT2D eigenvalue weighted by atomic mass is 9.75. The Hall–Kier alpha value is -2.04. The van der Waals surface area contributed by atoms with Gasteiger partial charge >= 0.3 is 11.9 Å². The Kier molecular flexibility index (Phi) is 5.07. The zero-order valence-electron chi connectivity index (χ0n) is 12.6. The van der Waals surface area contributed by atoms with E-state index < -0.39 is 0 Å². The number of para-hydroxylation sites is 2. The fourth-order valence-corrected chi connectivity index (χ4v) is 2.79. The van der Waals surface area contributed by atoms with Crippen LogP contribution in [0.15, 0.2) is 48.5 Å². The first kappa shape index (κ1) is 16.8. The van der Waals surface area contributed by atoms with Crippen LogP contribution in [-0.2, 0) is 9.59 Å². The van der Waals surface area contributed by atoms with Gasteiger partial charge in [-0.15, -0.1) is 0 Å². The molecule has 1 aliphatic rings. The quantitative estimate of drug-likeness (QED) is 0.590. The molecule has 1 saturated carbocycles. The summed E-state index contributed by atoms with van der Waals surface area (Å²) >= 11 is 11.9. The number of esters is 2. The minimum absolute atomic E-state index is 0.325. The maximum atomic E-state index is 12.1. The number of halogens is 2. The minimum Gasteiger partial charge on any atom is -0.425 e. The second-order valence-electron chi connectivity index (χ2n) is 5.57. The van der Waals surface area contributed by atoms with Crippen LogP contribution in [0.25, 0.3) is 0 Å². The van der Waals surface area contributed by atoms with E-state index in [1.165, 1.54) is 0 Å². The van der Waals surface area contributed by atoms with Gasteiger partial charge < -0.3 is 9.47 Å². The van der Waals surface area contributed by atoms with Crippen LogP contribution in [0.1, 0.15) is 12.8 Å². The molecule has 3 rings (SSSR count). The van der Waals surface area contributed by atoms with Gasteiger partial charge in [0.15, 0.2) is 0 Å². The number of hydrogen-bond acceptors (Lipinski definition) is 4. The third-order valence-electron chi connectivity index (χ3n) is 3.90. The maximum absolute atomic E-state index is 12.1. The first-order chi connectivity index (χ1) is 11.5. The smallest absolute Gasteiger partial charge is 0.314 e. The molecule has 0 N–H and O–H groups in total. The summed E-state index contributed by atoms with van der Waals surface area (Å²) in [6.45, 7) is 0. The van der Waals surface area contributed by atoms with E-state index >= 15 is 0 Å². The van der Waals surface area contributed by atoms with E-state index in [1.54, 1.807) is 48.5 Å². The van der Waals surface area contributed by atoms with Gasteiger partial charge in [-0.25, -0.2) is 0 Å². The van der Waals surface area contributed by atoms with Crippen molar-refractivity contribution in [1.29, 1.82) is 0 Å². The Morgan fingerprint density at radius 1 is 0.750 bits per heavy atom. The van der Waals surface area contributed by atoms with Gasteiger partial charge in [0, 0.05) is 0 Å². The summed E-state index contributed by atoms with van der Waals surface area (Å²) in [5, 5.41) is 0.750. The molecule has 0 spiro atoms. The van der Waals surface area contributed by atoms with Gasteiger partial charge in [0.25, 0.3) is 0 Å². The zero-order valence-corrected chi connectivity index (χ0v) is 14.1. The first-order valence-electron chi connectivity index (χ1n) is 7.47. The van der Waals surface area contributed by atoms with Crippen molar-refractivity contribution in [2.45, 2.75) is 12.8 Å². The SMILES string of the molecule is O=C(Oc1ccccc1Cl)C1CC(C(=O)Oc2ccccc2Cl)C1. The molecule has 4 nitrogen and oxygen atoms in total. The number of carbonyl (C=O) groups is 2. The van der Waals surface area contributed by atoms with Crippen molar-refractivity contribution in [3.8, 4) is 11.5 Å². The van der Waals surface area contributed by atoms with Crippen LogP contribution in [0.4, 0.5) is 0 Å². The molecule has 124 valence electrons. The first-order valence-corrected chi connectivity index (χ1v) is 8.22. The van der Waals surface area contributed by atoms with Crippen molar-refractivity contribution in [2.24, 2.45) is 11.8 Å². The molecule has 0 unspecified atom stereocenters. The molecule has 1 aliphatic carbocycles. The lowest BCUT2D eigenvalue weighted by Gasteiger charge is -2.31. The highest BCUT2D eigenvalue weighted by molar-refractivity contribution is 6.32. The molecule has 1 fully saturated rings. The molecule has 6 heteroatoms. The van der Waals surface area contributed by atoms with Crippen LogP contribution in [0.5, 0.6) is 11.5 Å². The predicted molar refractivity (Wildman–Crippen MR) is 90.4 cm³/mol. The second-order valence-corrected chi connectivity index (χ2v) is 6.38. The normalized spacial score (nSPS) is 19.2. The predicted octanol–water partition coefficient (Wildman–Crippen LogP) is 4.53. The number of rotatable bonds is 4. The largest absolute Gasteiger partial charge is 0.425 e. The third-order valence-corrected chi connectivity index (χ3v) is 4.52. The van der Waals surface area contributed by atoms with Crippen molar-refractivity contribution in [1.82, 2.24) is 0 Å². The molecule has 0 radical (unpaired) electrons. The Labute approximate surface area is 149 Å². The van der Waals surface area contributed by atoms with E-state index in [1.807, 2.05) is 0 Å². The Morgan fingerprint density at radius 2 is 1.12 bits per heavy atom. The fraction of sp³-hybridized carbons (Fsp3) is 0.222. The van der Waals surface area contributed by atoms with Gasteiger partial charge in [0.05, 0.1) is 21.9 Å². The highest BCUT2D eigenvalue weighted by atomic mass is 35.5. The van der Waals surface area contributed by atoms with Gasteiger partial charge in [0.1, 0.15) is 11.5 Å².